The number of ether oxygens (including phenoxy) is 2. The summed E-state index contributed by atoms with van der Waals surface area (Å²) in [6.07, 6.45) is 3.66. The van der Waals surface area contributed by atoms with Gasteiger partial charge < -0.3 is 15.2 Å². The van der Waals surface area contributed by atoms with Crippen LogP contribution in [-0.4, -0.2) is 35.3 Å². The molecule has 1 unspecified atom stereocenters. The lowest BCUT2D eigenvalue weighted by atomic mass is 9.93. The number of aromatic nitrogens is 2. The highest BCUT2D eigenvalue weighted by Gasteiger charge is 2.21. The van der Waals surface area contributed by atoms with E-state index in [0.29, 0.717) is 24.2 Å². The van der Waals surface area contributed by atoms with Crippen molar-refractivity contribution in [3.63, 3.8) is 0 Å². The Morgan fingerprint density at radius 3 is 2.67 bits per heavy atom. The van der Waals surface area contributed by atoms with Gasteiger partial charge in [-0.05, 0) is 49.9 Å². The van der Waals surface area contributed by atoms with Gasteiger partial charge in [-0.3, -0.25) is 5.32 Å². The van der Waals surface area contributed by atoms with Crippen LogP contribution < -0.4 is 15.8 Å². The number of carbonyl (C=O) groups is 1. The molecule has 3 N–H and O–H groups in total. The van der Waals surface area contributed by atoms with Gasteiger partial charge in [0, 0.05) is 29.1 Å². The van der Waals surface area contributed by atoms with Gasteiger partial charge in [-0.15, -0.1) is 0 Å². The molecule has 0 aliphatic heterocycles. The standard InChI is InChI=1S/C20H28N4O3/c1-13(2)10-20(4,21)12-27-18-14(3)8-16(11-23-18)15-6-7-22-17(9-15)24-19(25)26-5/h6-9,11,13H,10,12,21H2,1-5H3,(H,22,24,25). The first-order valence-corrected chi connectivity index (χ1v) is 8.90. The van der Waals surface area contributed by atoms with Gasteiger partial charge in [0.1, 0.15) is 12.4 Å². The molecule has 0 radical (unpaired) electrons. The van der Waals surface area contributed by atoms with Crippen LogP contribution in [0.4, 0.5) is 10.6 Å². The number of nitrogens with one attached hydrogen (secondary N) is 1. The second-order valence-electron chi connectivity index (χ2n) is 7.43. The Kier molecular flexibility index (Phi) is 6.74. The van der Waals surface area contributed by atoms with Gasteiger partial charge in [-0.1, -0.05) is 13.8 Å². The SMILES string of the molecule is COC(=O)Nc1cc(-c2cnc(OCC(C)(N)CC(C)C)c(C)c2)ccn1. The molecule has 0 spiro atoms. The van der Waals surface area contributed by atoms with E-state index in [1.165, 1.54) is 7.11 Å². The van der Waals surface area contributed by atoms with Crippen LogP contribution in [0, 0.1) is 12.8 Å². The van der Waals surface area contributed by atoms with Crippen LogP contribution in [-0.2, 0) is 4.74 Å². The number of hydrogen-bond acceptors (Lipinski definition) is 6. The van der Waals surface area contributed by atoms with Crippen LogP contribution in [0.5, 0.6) is 5.88 Å². The Balaban J connectivity index is 2.12. The second kappa shape index (κ2) is 8.81. The van der Waals surface area contributed by atoms with Gasteiger partial charge in [0.25, 0.3) is 0 Å². The molecular weight excluding hydrogens is 344 g/mol. The molecule has 0 saturated heterocycles. The fourth-order valence-electron chi connectivity index (χ4n) is 2.93. The van der Waals surface area contributed by atoms with E-state index in [-0.39, 0.29) is 0 Å². The number of hydrogen-bond donors (Lipinski definition) is 2. The third kappa shape index (κ3) is 6.21. The third-order valence-electron chi connectivity index (χ3n) is 3.95. The minimum atomic E-state index is -0.566. The maximum absolute atomic E-state index is 11.3. The number of pyridine rings is 2. The van der Waals surface area contributed by atoms with Crippen LogP contribution in [0.1, 0.15) is 32.8 Å². The first-order chi connectivity index (χ1) is 12.7. The quantitative estimate of drug-likeness (QED) is 0.767. The fraction of sp³-hybridized carbons (Fsp3) is 0.450. The van der Waals surface area contributed by atoms with Crippen molar-refractivity contribution < 1.29 is 14.3 Å². The normalized spacial score (nSPS) is 13.1. The van der Waals surface area contributed by atoms with E-state index in [9.17, 15) is 4.79 Å². The summed E-state index contributed by atoms with van der Waals surface area (Å²) in [6.45, 7) is 8.62. The Hall–Kier alpha value is -2.67. The Morgan fingerprint density at radius 2 is 2.04 bits per heavy atom. The van der Waals surface area contributed by atoms with Crippen LogP contribution in [0.15, 0.2) is 30.6 Å². The molecule has 0 aliphatic carbocycles. The first kappa shape index (κ1) is 20.6. The lowest BCUT2D eigenvalue weighted by Crippen LogP contribution is -2.43. The molecule has 7 nitrogen and oxygen atoms in total. The lowest BCUT2D eigenvalue weighted by Gasteiger charge is -2.26. The zero-order valence-corrected chi connectivity index (χ0v) is 16.6. The highest BCUT2D eigenvalue weighted by atomic mass is 16.5. The van der Waals surface area contributed by atoms with Gasteiger partial charge in [-0.2, -0.15) is 0 Å². The topological polar surface area (TPSA) is 99.4 Å². The van der Waals surface area contributed by atoms with Gasteiger partial charge >= 0.3 is 6.09 Å². The van der Waals surface area contributed by atoms with Gasteiger partial charge in [0.05, 0.1) is 7.11 Å². The summed E-state index contributed by atoms with van der Waals surface area (Å²) in [5.74, 6) is 1.48. The highest BCUT2D eigenvalue weighted by Crippen LogP contribution is 2.26. The molecule has 2 rings (SSSR count). The van der Waals surface area contributed by atoms with Crippen molar-refractivity contribution in [2.24, 2.45) is 11.7 Å². The molecule has 146 valence electrons. The predicted octanol–water partition coefficient (Wildman–Crippen LogP) is 3.77. The molecule has 27 heavy (non-hydrogen) atoms. The minimum Gasteiger partial charge on any atom is -0.476 e. The maximum atomic E-state index is 11.3. The smallest absolute Gasteiger partial charge is 0.412 e. The number of aryl methyl sites for hydroxylation is 1. The molecule has 2 heterocycles. The van der Waals surface area contributed by atoms with Crippen molar-refractivity contribution in [3.8, 4) is 17.0 Å². The molecule has 2 aromatic heterocycles. The average molecular weight is 372 g/mol. The van der Waals surface area contributed by atoms with Gasteiger partial charge in [0.2, 0.25) is 5.88 Å². The van der Waals surface area contributed by atoms with Crippen molar-refractivity contribution in [3.05, 3.63) is 36.2 Å². The van der Waals surface area contributed by atoms with E-state index in [4.69, 9.17) is 10.5 Å². The summed E-state index contributed by atoms with van der Waals surface area (Å²) in [5.41, 5.74) is 8.58. The van der Waals surface area contributed by atoms with Crippen LogP contribution in [0.25, 0.3) is 11.1 Å². The molecule has 0 bridgehead atoms. The van der Waals surface area contributed by atoms with Crippen LogP contribution >= 0.6 is 0 Å². The summed E-state index contributed by atoms with van der Waals surface area (Å²) < 4.78 is 10.4. The largest absolute Gasteiger partial charge is 0.476 e. The average Bonchev–Trinajstić information content (AvgIpc) is 2.59. The summed E-state index contributed by atoms with van der Waals surface area (Å²) in [6, 6.07) is 5.59. The van der Waals surface area contributed by atoms with Gasteiger partial charge in [-0.25, -0.2) is 14.8 Å². The second-order valence-corrected chi connectivity index (χ2v) is 7.43. The van der Waals surface area contributed by atoms with Gasteiger partial charge in [0.15, 0.2) is 0 Å². The zero-order chi connectivity index (χ0) is 20.0. The van der Waals surface area contributed by atoms with Crippen LogP contribution in [0.2, 0.25) is 0 Å². The molecule has 1 atom stereocenters. The Morgan fingerprint density at radius 1 is 1.30 bits per heavy atom. The summed E-state index contributed by atoms with van der Waals surface area (Å²) in [7, 11) is 1.30. The molecule has 0 aliphatic rings. The summed E-state index contributed by atoms with van der Waals surface area (Å²) in [5, 5.41) is 2.55. The van der Waals surface area contributed by atoms with E-state index in [2.05, 4.69) is 33.9 Å². The number of carbonyl (C=O) groups excluding carboxylic acids is 1. The van der Waals surface area contributed by atoms with Crippen molar-refractivity contribution in [1.29, 1.82) is 0 Å². The number of nitrogens with zero attached hydrogens (tertiary/aromatic N) is 2. The Labute approximate surface area is 160 Å². The predicted molar refractivity (Wildman–Crippen MR) is 106 cm³/mol. The third-order valence-corrected chi connectivity index (χ3v) is 3.95. The summed E-state index contributed by atoms with van der Waals surface area (Å²) in [4.78, 5) is 19.9. The lowest BCUT2D eigenvalue weighted by molar-refractivity contribution is 0.187. The van der Waals surface area contributed by atoms with Crippen molar-refractivity contribution in [2.45, 2.75) is 39.7 Å². The van der Waals surface area contributed by atoms with E-state index < -0.39 is 11.6 Å². The van der Waals surface area contributed by atoms with Crippen molar-refractivity contribution in [1.82, 2.24) is 9.97 Å². The van der Waals surface area contributed by atoms with E-state index in [1.807, 2.05) is 26.0 Å². The first-order valence-electron chi connectivity index (χ1n) is 8.90. The van der Waals surface area contributed by atoms with Crippen LogP contribution in [0.3, 0.4) is 0 Å². The fourth-order valence-corrected chi connectivity index (χ4v) is 2.93. The molecule has 0 aromatic carbocycles. The molecular formula is C20H28N4O3. The van der Waals surface area contributed by atoms with Crippen molar-refractivity contribution >= 4 is 11.9 Å². The van der Waals surface area contributed by atoms with Crippen molar-refractivity contribution in [2.75, 3.05) is 19.0 Å². The van der Waals surface area contributed by atoms with E-state index >= 15 is 0 Å². The molecule has 7 heteroatoms. The zero-order valence-electron chi connectivity index (χ0n) is 16.6. The molecule has 1 amide bonds. The van der Waals surface area contributed by atoms with E-state index in [1.54, 1.807) is 18.5 Å². The molecule has 0 fully saturated rings. The monoisotopic (exact) mass is 372 g/mol. The number of rotatable bonds is 7. The Bertz CT molecular complexity index is 791. The summed E-state index contributed by atoms with van der Waals surface area (Å²) >= 11 is 0. The number of nitrogens with two attached hydrogens (primary N) is 1. The van der Waals surface area contributed by atoms with E-state index in [0.717, 1.165) is 23.1 Å². The number of anilines is 1. The number of amides is 1. The maximum Gasteiger partial charge on any atom is 0.412 e. The minimum absolute atomic E-state index is 0.402. The molecule has 0 saturated carbocycles. The highest BCUT2D eigenvalue weighted by molar-refractivity contribution is 5.84. The number of methoxy groups -OCH3 is 1. The molecule has 2 aromatic rings.